The van der Waals surface area contributed by atoms with E-state index in [0.717, 1.165) is 17.4 Å². The van der Waals surface area contributed by atoms with Crippen LogP contribution < -0.4 is 16.6 Å². The lowest BCUT2D eigenvalue weighted by Crippen LogP contribution is -2.43. The maximum atomic E-state index is 13.1. The zero-order chi connectivity index (χ0) is 20.4. The highest BCUT2D eigenvalue weighted by atomic mass is 35.5. The molecule has 0 aliphatic carbocycles. The van der Waals surface area contributed by atoms with Crippen molar-refractivity contribution in [2.75, 3.05) is 13.2 Å². The number of carbonyl (C=O) groups is 1. The molecule has 0 bridgehead atoms. The van der Waals surface area contributed by atoms with Crippen molar-refractivity contribution >= 4 is 28.4 Å². The fourth-order valence-corrected chi connectivity index (χ4v) is 3.64. The first kappa shape index (κ1) is 19.5. The van der Waals surface area contributed by atoms with Crippen molar-refractivity contribution in [2.45, 2.75) is 32.0 Å². The van der Waals surface area contributed by atoms with Gasteiger partial charge in [0.15, 0.2) is 0 Å². The molecule has 8 nitrogen and oxygen atoms in total. The maximum Gasteiger partial charge on any atom is 0.332 e. The van der Waals surface area contributed by atoms with Crippen molar-refractivity contribution < 1.29 is 13.9 Å². The largest absolute Gasteiger partial charge is 0.467 e. The van der Waals surface area contributed by atoms with E-state index in [1.165, 1.54) is 16.9 Å². The monoisotopic (exact) mass is 417 g/mol. The molecule has 0 spiro atoms. The molecule has 1 atom stereocenters. The molecule has 29 heavy (non-hydrogen) atoms. The summed E-state index contributed by atoms with van der Waals surface area (Å²) in [7, 11) is 0. The van der Waals surface area contributed by atoms with Gasteiger partial charge >= 0.3 is 5.69 Å². The standard InChI is InChI=1S/C20H20ClN3O5/c21-13-5-6-16-17(9-13)23(12-18(25)22-10-14-3-1-7-28-14)20(27)24(19(16)26)11-15-4-2-8-29-15/h2,4-6,8-9,14H,1,3,7,10-12H2,(H,22,25). The van der Waals surface area contributed by atoms with Gasteiger partial charge in [-0.15, -0.1) is 0 Å². The Morgan fingerprint density at radius 1 is 1.24 bits per heavy atom. The lowest BCUT2D eigenvalue weighted by Gasteiger charge is -2.15. The van der Waals surface area contributed by atoms with E-state index in [4.69, 9.17) is 20.8 Å². The Bertz CT molecular complexity index is 1140. The van der Waals surface area contributed by atoms with Crippen LogP contribution in [0.2, 0.25) is 5.02 Å². The van der Waals surface area contributed by atoms with Gasteiger partial charge in [-0.05, 0) is 43.2 Å². The van der Waals surface area contributed by atoms with Crippen molar-refractivity contribution in [3.63, 3.8) is 0 Å². The van der Waals surface area contributed by atoms with Crippen LogP contribution in [-0.4, -0.2) is 34.3 Å². The molecule has 9 heteroatoms. The number of benzene rings is 1. The van der Waals surface area contributed by atoms with Gasteiger partial charge in [-0.1, -0.05) is 11.6 Å². The molecule has 152 valence electrons. The number of rotatable bonds is 6. The van der Waals surface area contributed by atoms with Gasteiger partial charge < -0.3 is 14.5 Å². The van der Waals surface area contributed by atoms with Gasteiger partial charge in [0.25, 0.3) is 5.56 Å². The average molecular weight is 418 g/mol. The summed E-state index contributed by atoms with van der Waals surface area (Å²) in [4.78, 5) is 38.4. The molecule has 3 aromatic rings. The fourth-order valence-electron chi connectivity index (χ4n) is 3.47. The number of hydrogen-bond acceptors (Lipinski definition) is 5. The third-order valence-electron chi connectivity index (χ3n) is 4.93. The van der Waals surface area contributed by atoms with Gasteiger partial charge in [-0.2, -0.15) is 0 Å². The predicted molar refractivity (Wildman–Crippen MR) is 107 cm³/mol. The van der Waals surface area contributed by atoms with Crippen LogP contribution in [0, 0.1) is 0 Å². The van der Waals surface area contributed by atoms with Crippen LogP contribution in [0.25, 0.3) is 10.9 Å². The summed E-state index contributed by atoms with van der Waals surface area (Å²) in [5, 5.41) is 3.46. The molecule has 1 amide bonds. The third kappa shape index (κ3) is 4.13. The topological polar surface area (TPSA) is 95.5 Å². The molecule has 0 radical (unpaired) electrons. The van der Waals surface area contributed by atoms with Crippen molar-refractivity contribution in [1.82, 2.24) is 14.5 Å². The molecule has 1 aromatic carbocycles. The second-order valence-corrected chi connectivity index (χ2v) is 7.38. The van der Waals surface area contributed by atoms with E-state index in [1.54, 1.807) is 24.3 Å². The highest BCUT2D eigenvalue weighted by Gasteiger charge is 2.19. The Balaban J connectivity index is 1.70. The summed E-state index contributed by atoms with van der Waals surface area (Å²) >= 11 is 6.08. The lowest BCUT2D eigenvalue weighted by molar-refractivity contribution is -0.122. The van der Waals surface area contributed by atoms with E-state index in [0.29, 0.717) is 34.8 Å². The Labute approximate surface area is 170 Å². The van der Waals surface area contributed by atoms with Crippen LogP contribution in [0.3, 0.4) is 0 Å². The normalized spacial score (nSPS) is 16.4. The minimum Gasteiger partial charge on any atom is -0.467 e. The summed E-state index contributed by atoms with van der Waals surface area (Å²) in [6.07, 6.45) is 3.33. The van der Waals surface area contributed by atoms with Crippen molar-refractivity contribution in [3.8, 4) is 0 Å². The van der Waals surface area contributed by atoms with Gasteiger partial charge in [0, 0.05) is 18.2 Å². The Morgan fingerprint density at radius 2 is 2.10 bits per heavy atom. The number of hydrogen-bond donors (Lipinski definition) is 1. The zero-order valence-electron chi connectivity index (χ0n) is 15.6. The smallest absolute Gasteiger partial charge is 0.332 e. The van der Waals surface area contributed by atoms with Crippen LogP contribution in [0.5, 0.6) is 0 Å². The number of carbonyl (C=O) groups excluding carboxylic acids is 1. The quantitative estimate of drug-likeness (QED) is 0.659. The zero-order valence-corrected chi connectivity index (χ0v) is 16.4. The van der Waals surface area contributed by atoms with Crippen LogP contribution in [0.4, 0.5) is 0 Å². The lowest BCUT2D eigenvalue weighted by atomic mass is 10.2. The number of nitrogens with one attached hydrogen (secondary N) is 1. The molecular formula is C20H20ClN3O5. The second-order valence-electron chi connectivity index (χ2n) is 6.94. The minimum atomic E-state index is -0.603. The summed E-state index contributed by atoms with van der Waals surface area (Å²) < 4.78 is 13.1. The molecule has 1 fully saturated rings. The van der Waals surface area contributed by atoms with E-state index in [2.05, 4.69) is 5.32 Å². The van der Waals surface area contributed by atoms with Crippen LogP contribution in [0.15, 0.2) is 50.6 Å². The number of aromatic nitrogens is 2. The molecule has 4 rings (SSSR count). The molecule has 1 saturated heterocycles. The average Bonchev–Trinajstić information content (AvgIpc) is 3.40. The number of amides is 1. The molecule has 0 saturated carbocycles. The molecule has 1 N–H and O–H groups in total. The van der Waals surface area contributed by atoms with Gasteiger partial charge in [-0.25, -0.2) is 4.79 Å². The maximum absolute atomic E-state index is 13.1. The Morgan fingerprint density at radius 3 is 2.83 bits per heavy atom. The van der Waals surface area contributed by atoms with E-state index >= 15 is 0 Å². The fraction of sp³-hybridized carbons (Fsp3) is 0.350. The molecular weight excluding hydrogens is 398 g/mol. The highest BCUT2D eigenvalue weighted by molar-refractivity contribution is 6.31. The van der Waals surface area contributed by atoms with E-state index < -0.39 is 11.2 Å². The van der Waals surface area contributed by atoms with Gasteiger partial charge in [-0.3, -0.25) is 18.7 Å². The SMILES string of the molecule is O=C(Cn1c(=O)n(Cc2ccco2)c(=O)c2ccc(Cl)cc21)NCC1CCCO1. The predicted octanol–water partition coefficient (Wildman–Crippen LogP) is 1.75. The van der Waals surface area contributed by atoms with Crippen molar-refractivity contribution in [3.05, 3.63) is 68.2 Å². The van der Waals surface area contributed by atoms with E-state index in [9.17, 15) is 14.4 Å². The van der Waals surface area contributed by atoms with E-state index in [1.807, 2.05) is 0 Å². The van der Waals surface area contributed by atoms with Crippen molar-refractivity contribution in [1.29, 1.82) is 0 Å². The van der Waals surface area contributed by atoms with Crippen LogP contribution >= 0.6 is 11.6 Å². The van der Waals surface area contributed by atoms with Crippen LogP contribution in [0.1, 0.15) is 18.6 Å². The second kappa shape index (κ2) is 8.26. The summed E-state index contributed by atoms with van der Waals surface area (Å²) in [6.45, 7) is 0.820. The molecule has 3 heterocycles. The molecule has 1 aliphatic rings. The molecule has 2 aromatic heterocycles. The van der Waals surface area contributed by atoms with Crippen LogP contribution in [-0.2, 0) is 22.6 Å². The Hall–Kier alpha value is -2.84. The number of halogens is 1. The van der Waals surface area contributed by atoms with Gasteiger partial charge in [0.05, 0.1) is 29.8 Å². The molecule has 1 unspecified atom stereocenters. The number of nitrogens with zero attached hydrogens (tertiary/aromatic N) is 2. The Kier molecular flexibility index (Phi) is 5.55. The summed E-state index contributed by atoms with van der Waals surface area (Å²) in [5.74, 6) is 0.124. The van der Waals surface area contributed by atoms with Gasteiger partial charge in [0.2, 0.25) is 5.91 Å². The number of furan rings is 1. The minimum absolute atomic E-state index is 0.00485. The summed E-state index contributed by atoms with van der Waals surface area (Å²) in [6, 6.07) is 8.01. The molecule has 1 aliphatic heterocycles. The first-order chi connectivity index (χ1) is 14.0. The first-order valence-electron chi connectivity index (χ1n) is 9.36. The summed E-state index contributed by atoms with van der Waals surface area (Å²) in [5.41, 5.74) is -0.752. The third-order valence-corrected chi connectivity index (χ3v) is 5.17. The van der Waals surface area contributed by atoms with Crippen molar-refractivity contribution in [2.24, 2.45) is 0 Å². The number of ether oxygens (including phenoxy) is 1. The number of fused-ring (bicyclic) bond motifs is 1. The first-order valence-corrected chi connectivity index (χ1v) is 9.74. The van der Waals surface area contributed by atoms with E-state index in [-0.39, 0.29) is 25.1 Å². The highest BCUT2D eigenvalue weighted by Crippen LogP contribution is 2.16. The van der Waals surface area contributed by atoms with Gasteiger partial charge in [0.1, 0.15) is 12.3 Å².